The Morgan fingerprint density at radius 3 is 2.74 bits per heavy atom. The highest BCUT2D eigenvalue weighted by atomic mass is 35.5. The average Bonchev–Trinajstić information content (AvgIpc) is 3.16. The number of nitrogens with one attached hydrogen (secondary N) is 2. The van der Waals surface area contributed by atoms with Crippen molar-refractivity contribution >= 4 is 29.1 Å². The number of carbonyl (C=O) groups excluding carboxylic acids is 2. The van der Waals surface area contributed by atoms with Crippen LogP contribution in [0, 0.1) is 11.8 Å². The number of halogens is 1. The molecule has 1 aromatic carbocycles. The van der Waals surface area contributed by atoms with Crippen molar-refractivity contribution in [1.82, 2.24) is 5.32 Å². The molecule has 2 N–H and O–H groups in total. The Balaban J connectivity index is 1.84. The van der Waals surface area contributed by atoms with Gasteiger partial charge in [0.1, 0.15) is 0 Å². The van der Waals surface area contributed by atoms with Gasteiger partial charge in [0.2, 0.25) is 11.8 Å². The van der Waals surface area contributed by atoms with Gasteiger partial charge in [-0.05, 0) is 31.0 Å². The quantitative estimate of drug-likeness (QED) is 0.870. The number of carbonyl (C=O) groups is 2. The fourth-order valence-electron chi connectivity index (χ4n) is 1.96. The number of rotatable bonds is 5. The van der Waals surface area contributed by atoms with Crippen LogP contribution in [0.5, 0.6) is 0 Å². The molecule has 0 saturated heterocycles. The van der Waals surface area contributed by atoms with Crippen LogP contribution >= 0.6 is 11.6 Å². The summed E-state index contributed by atoms with van der Waals surface area (Å²) >= 11 is 5.84. The molecule has 0 heterocycles. The van der Waals surface area contributed by atoms with Crippen molar-refractivity contribution in [3.63, 3.8) is 0 Å². The Morgan fingerprint density at radius 2 is 2.05 bits per heavy atom. The van der Waals surface area contributed by atoms with Gasteiger partial charge in [-0.2, -0.15) is 0 Å². The minimum atomic E-state index is -0.212. The molecule has 19 heavy (non-hydrogen) atoms. The Labute approximate surface area is 117 Å². The number of benzene rings is 1. The van der Waals surface area contributed by atoms with Crippen LogP contribution in [-0.4, -0.2) is 18.4 Å². The first-order chi connectivity index (χ1) is 9.11. The summed E-state index contributed by atoms with van der Waals surface area (Å²) in [5.74, 6) is -0.520. The summed E-state index contributed by atoms with van der Waals surface area (Å²) < 4.78 is 0. The molecule has 1 aliphatic carbocycles. The van der Waals surface area contributed by atoms with Gasteiger partial charge in [-0.25, -0.2) is 0 Å². The molecule has 2 unspecified atom stereocenters. The van der Waals surface area contributed by atoms with Crippen molar-refractivity contribution in [1.29, 1.82) is 0 Å². The van der Waals surface area contributed by atoms with Gasteiger partial charge in [-0.1, -0.05) is 24.6 Å². The average molecular weight is 281 g/mol. The molecule has 0 aromatic heterocycles. The molecule has 1 aromatic rings. The first kappa shape index (κ1) is 13.9. The van der Waals surface area contributed by atoms with E-state index in [0.29, 0.717) is 23.7 Å². The molecule has 102 valence electrons. The summed E-state index contributed by atoms with van der Waals surface area (Å²) in [6.45, 7) is 2.66. The van der Waals surface area contributed by atoms with E-state index in [4.69, 9.17) is 11.6 Å². The maximum atomic E-state index is 11.9. The van der Waals surface area contributed by atoms with Crippen LogP contribution in [-0.2, 0) is 9.59 Å². The van der Waals surface area contributed by atoms with Gasteiger partial charge in [-0.15, -0.1) is 0 Å². The van der Waals surface area contributed by atoms with E-state index in [1.54, 1.807) is 24.3 Å². The van der Waals surface area contributed by atoms with E-state index >= 15 is 0 Å². The Morgan fingerprint density at radius 1 is 1.32 bits per heavy atom. The summed E-state index contributed by atoms with van der Waals surface area (Å²) in [6.07, 6.45) is 1.53. The summed E-state index contributed by atoms with van der Waals surface area (Å²) in [4.78, 5) is 23.6. The topological polar surface area (TPSA) is 58.2 Å². The van der Waals surface area contributed by atoms with E-state index in [1.165, 1.54) is 0 Å². The van der Waals surface area contributed by atoms with Gasteiger partial charge in [0.25, 0.3) is 0 Å². The second-order valence-electron chi connectivity index (χ2n) is 4.74. The second-order valence-corrected chi connectivity index (χ2v) is 5.18. The molecule has 0 aliphatic heterocycles. The van der Waals surface area contributed by atoms with Gasteiger partial charge >= 0.3 is 0 Å². The largest absolute Gasteiger partial charge is 0.356 e. The molecule has 1 aliphatic rings. The standard InChI is InChI=1S/C14H17ClN2O2/c1-2-6-16-13(18)11-8-12(11)14(19)17-10-5-3-4-9(15)7-10/h3-5,7,11-12H,2,6,8H2,1H3,(H,16,18)(H,17,19). The summed E-state index contributed by atoms with van der Waals surface area (Å²) in [6, 6.07) is 6.98. The van der Waals surface area contributed by atoms with E-state index in [0.717, 1.165) is 6.42 Å². The zero-order chi connectivity index (χ0) is 13.8. The third-order valence-electron chi connectivity index (χ3n) is 3.11. The first-order valence-corrected chi connectivity index (χ1v) is 6.83. The van der Waals surface area contributed by atoms with Crippen molar-refractivity contribution in [2.45, 2.75) is 19.8 Å². The minimum Gasteiger partial charge on any atom is -0.356 e. The molecular formula is C14H17ClN2O2. The minimum absolute atomic E-state index is 0.0203. The molecule has 0 spiro atoms. The number of hydrogen-bond donors (Lipinski definition) is 2. The molecular weight excluding hydrogens is 264 g/mol. The van der Waals surface area contributed by atoms with E-state index in [-0.39, 0.29) is 23.7 Å². The number of hydrogen-bond acceptors (Lipinski definition) is 2. The SMILES string of the molecule is CCCNC(=O)C1CC1C(=O)Nc1cccc(Cl)c1. The Hall–Kier alpha value is -1.55. The van der Waals surface area contributed by atoms with Crippen LogP contribution in [0.25, 0.3) is 0 Å². The van der Waals surface area contributed by atoms with Crippen LogP contribution < -0.4 is 10.6 Å². The Kier molecular flexibility index (Phi) is 4.43. The smallest absolute Gasteiger partial charge is 0.228 e. The molecule has 4 nitrogen and oxygen atoms in total. The number of anilines is 1. The predicted molar refractivity (Wildman–Crippen MR) is 75.0 cm³/mol. The molecule has 5 heteroatoms. The Bertz CT molecular complexity index is 490. The second kappa shape index (κ2) is 6.06. The lowest BCUT2D eigenvalue weighted by molar-refractivity contribution is -0.125. The highest BCUT2D eigenvalue weighted by Gasteiger charge is 2.47. The highest BCUT2D eigenvalue weighted by Crippen LogP contribution is 2.39. The molecule has 0 bridgehead atoms. The molecule has 0 radical (unpaired) electrons. The molecule has 2 atom stereocenters. The zero-order valence-corrected chi connectivity index (χ0v) is 11.5. The monoisotopic (exact) mass is 280 g/mol. The van der Waals surface area contributed by atoms with Gasteiger partial charge in [0, 0.05) is 17.3 Å². The fraction of sp³-hybridized carbons (Fsp3) is 0.429. The lowest BCUT2D eigenvalue weighted by Gasteiger charge is -2.05. The summed E-state index contributed by atoms with van der Waals surface area (Å²) in [7, 11) is 0. The van der Waals surface area contributed by atoms with Crippen molar-refractivity contribution in [3.05, 3.63) is 29.3 Å². The lowest BCUT2D eigenvalue weighted by atomic mass is 10.2. The van der Waals surface area contributed by atoms with Gasteiger partial charge < -0.3 is 10.6 Å². The van der Waals surface area contributed by atoms with Crippen LogP contribution in [0.4, 0.5) is 5.69 Å². The molecule has 1 fully saturated rings. The van der Waals surface area contributed by atoms with Gasteiger partial charge in [0.05, 0.1) is 11.8 Å². The highest BCUT2D eigenvalue weighted by molar-refractivity contribution is 6.30. The van der Waals surface area contributed by atoms with Crippen molar-refractivity contribution in [3.8, 4) is 0 Å². The van der Waals surface area contributed by atoms with E-state index in [2.05, 4.69) is 10.6 Å². The lowest BCUT2D eigenvalue weighted by Crippen LogP contribution is -2.27. The third kappa shape index (κ3) is 3.70. The fourth-order valence-corrected chi connectivity index (χ4v) is 2.15. The van der Waals surface area contributed by atoms with Gasteiger partial charge in [-0.3, -0.25) is 9.59 Å². The van der Waals surface area contributed by atoms with Crippen LogP contribution in [0.15, 0.2) is 24.3 Å². The van der Waals surface area contributed by atoms with Gasteiger partial charge in [0.15, 0.2) is 0 Å². The maximum absolute atomic E-state index is 11.9. The summed E-state index contributed by atoms with van der Waals surface area (Å²) in [5.41, 5.74) is 0.664. The molecule has 2 rings (SSSR count). The number of amides is 2. The van der Waals surface area contributed by atoms with Crippen LogP contribution in [0.2, 0.25) is 5.02 Å². The zero-order valence-electron chi connectivity index (χ0n) is 10.8. The summed E-state index contributed by atoms with van der Waals surface area (Å²) in [5, 5.41) is 6.17. The van der Waals surface area contributed by atoms with Crippen LogP contribution in [0.3, 0.4) is 0 Å². The van der Waals surface area contributed by atoms with Crippen molar-refractivity contribution in [2.75, 3.05) is 11.9 Å². The van der Waals surface area contributed by atoms with Crippen LogP contribution in [0.1, 0.15) is 19.8 Å². The van der Waals surface area contributed by atoms with Crippen molar-refractivity contribution in [2.24, 2.45) is 11.8 Å². The normalized spacial score (nSPS) is 20.7. The predicted octanol–water partition coefficient (Wildman–Crippen LogP) is 2.44. The first-order valence-electron chi connectivity index (χ1n) is 6.46. The molecule has 2 amide bonds. The third-order valence-corrected chi connectivity index (χ3v) is 3.34. The maximum Gasteiger partial charge on any atom is 0.228 e. The van der Waals surface area contributed by atoms with E-state index < -0.39 is 0 Å². The van der Waals surface area contributed by atoms with E-state index in [1.807, 2.05) is 6.92 Å². The van der Waals surface area contributed by atoms with E-state index in [9.17, 15) is 9.59 Å². The molecule has 1 saturated carbocycles. The van der Waals surface area contributed by atoms with Crippen molar-refractivity contribution < 1.29 is 9.59 Å².